The van der Waals surface area contributed by atoms with Crippen LogP contribution in [0, 0.1) is 5.82 Å². The molecule has 0 atom stereocenters. The molecule has 0 unspecified atom stereocenters. The van der Waals surface area contributed by atoms with Gasteiger partial charge in [0, 0.05) is 50.8 Å². The van der Waals surface area contributed by atoms with Crippen molar-refractivity contribution in [2.24, 2.45) is 0 Å². The number of halogens is 4. The van der Waals surface area contributed by atoms with E-state index in [0.717, 1.165) is 31.9 Å². The van der Waals surface area contributed by atoms with Crippen LogP contribution in [0.25, 0.3) is 0 Å². The molecule has 2 N–H and O–H groups in total. The number of pyridine rings is 2. The summed E-state index contributed by atoms with van der Waals surface area (Å²) in [4.78, 5) is 34.2. The zero-order valence-electron chi connectivity index (χ0n) is 19.7. The van der Waals surface area contributed by atoms with E-state index in [1.807, 2.05) is 30.6 Å². The Morgan fingerprint density at radius 1 is 0.919 bits per heavy atom. The predicted molar refractivity (Wildman–Crippen MR) is 129 cm³/mol. The second-order valence-electron chi connectivity index (χ2n) is 7.98. The van der Waals surface area contributed by atoms with Gasteiger partial charge in [-0.3, -0.25) is 9.78 Å². The third kappa shape index (κ3) is 8.16. The topological polar surface area (TPSA) is 98.7 Å². The van der Waals surface area contributed by atoms with Crippen LogP contribution in [0.1, 0.15) is 16.1 Å². The molecule has 1 fully saturated rings. The molecule has 196 valence electrons. The Balaban J connectivity index is 0.000000479. The summed E-state index contributed by atoms with van der Waals surface area (Å²) >= 11 is 0. The largest absolute Gasteiger partial charge is 0.490 e. The maximum Gasteiger partial charge on any atom is 0.490 e. The van der Waals surface area contributed by atoms with Gasteiger partial charge in [0.25, 0.3) is 5.91 Å². The Morgan fingerprint density at radius 2 is 1.51 bits per heavy atom. The number of anilines is 2. The van der Waals surface area contributed by atoms with Crippen molar-refractivity contribution in [2.75, 3.05) is 42.5 Å². The minimum atomic E-state index is -5.08. The van der Waals surface area contributed by atoms with Crippen LogP contribution in [0.2, 0.25) is 0 Å². The Labute approximate surface area is 210 Å². The van der Waals surface area contributed by atoms with Crippen LogP contribution >= 0.6 is 0 Å². The van der Waals surface area contributed by atoms with Gasteiger partial charge in [0.05, 0.1) is 11.9 Å². The van der Waals surface area contributed by atoms with Crippen LogP contribution in [-0.2, 0) is 11.2 Å². The fraction of sp³-hybridized carbons (Fsp3) is 0.280. The summed E-state index contributed by atoms with van der Waals surface area (Å²) in [5.74, 6) is -3.26. The number of alkyl halides is 3. The molecule has 12 heteroatoms. The quantitative estimate of drug-likeness (QED) is 0.481. The fourth-order valence-corrected chi connectivity index (χ4v) is 3.59. The molecule has 0 spiro atoms. The van der Waals surface area contributed by atoms with Gasteiger partial charge in [-0.2, -0.15) is 13.2 Å². The van der Waals surface area contributed by atoms with Gasteiger partial charge in [-0.15, -0.1) is 0 Å². The number of aromatic nitrogens is 2. The van der Waals surface area contributed by atoms with Gasteiger partial charge in [-0.05, 0) is 42.3 Å². The minimum absolute atomic E-state index is 0.250. The number of nitrogens with one attached hydrogen (secondary N) is 1. The Kier molecular flexibility index (Phi) is 9.36. The highest BCUT2D eigenvalue weighted by atomic mass is 19.4. The van der Waals surface area contributed by atoms with Crippen molar-refractivity contribution >= 4 is 23.3 Å². The fourth-order valence-electron chi connectivity index (χ4n) is 3.59. The molecule has 3 aromatic rings. The lowest BCUT2D eigenvalue weighted by molar-refractivity contribution is -0.192. The number of hydrogen-bond donors (Lipinski definition) is 2. The van der Waals surface area contributed by atoms with E-state index < -0.39 is 12.1 Å². The van der Waals surface area contributed by atoms with Gasteiger partial charge in [0.2, 0.25) is 0 Å². The van der Waals surface area contributed by atoms with Crippen molar-refractivity contribution in [2.45, 2.75) is 12.6 Å². The lowest BCUT2D eigenvalue weighted by atomic mass is 10.1. The van der Waals surface area contributed by atoms with Crippen LogP contribution in [0.3, 0.4) is 0 Å². The number of carbonyl (C=O) groups excluding carboxylic acids is 1. The number of benzene rings is 1. The summed E-state index contributed by atoms with van der Waals surface area (Å²) in [6.45, 7) is 3.97. The molecule has 0 bridgehead atoms. The van der Waals surface area contributed by atoms with Crippen LogP contribution in [-0.4, -0.2) is 65.9 Å². The van der Waals surface area contributed by atoms with Gasteiger partial charge < -0.3 is 20.2 Å². The molecule has 8 nitrogen and oxygen atoms in total. The molecule has 1 amide bonds. The van der Waals surface area contributed by atoms with Gasteiger partial charge in [0.1, 0.15) is 11.5 Å². The Hall–Kier alpha value is -4.22. The van der Waals surface area contributed by atoms with Gasteiger partial charge >= 0.3 is 12.1 Å². The molecule has 0 radical (unpaired) electrons. The number of amides is 1. The highest BCUT2D eigenvalue weighted by Gasteiger charge is 2.38. The van der Waals surface area contributed by atoms with Crippen LogP contribution in [0.15, 0.2) is 67.1 Å². The zero-order valence-corrected chi connectivity index (χ0v) is 19.7. The number of piperazine rings is 1. The van der Waals surface area contributed by atoms with E-state index in [2.05, 4.69) is 25.1 Å². The first-order chi connectivity index (χ1) is 17.6. The van der Waals surface area contributed by atoms with Gasteiger partial charge in [-0.25, -0.2) is 14.2 Å². The van der Waals surface area contributed by atoms with Crippen molar-refractivity contribution in [3.05, 3.63) is 84.2 Å². The number of nitrogens with zero attached hydrogens (tertiary/aromatic N) is 4. The molecule has 37 heavy (non-hydrogen) atoms. The predicted octanol–water partition coefficient (Wildman–Crippen LogP) is 3.55. The second kappa shape index (κ2) is 12.7. The number of rotatable bonds is 6. The maximum atomic E-state index is 13.6. The minimum Gasteiger partial charge on any atom is -0.475 e. The highest BCUT2D eigenvalue weighted by Crippen LogP contribution is 2.19. The van der Waals surface area contributed by atoms with E-state index in [4.69, 9.17) is 9.90 Å². The van der Waals surface area contributed by atoms with E-state index in [-0.39, 0.29) is 11.7 Å². The number of hydrogen-bond acceptors (Lipinski definition) is 6. The van der Waals surface area contributed by atoms with Gasteiger partial charge in [-0.1, -0.05) is 18.2 Å². The third-order valence-electron chi connectivity index (χ3n) is 5.53. The first kappa shape index (κ1) is 27.4. The van der Waals surface area contributed by atoms with Crippen molar-refractivity contribution in [1.82, 2.24) is 15.3 Å². The Bertz CT molecular complexity index is 1170. The molecule has 0 saturated carbocycles. The summed E-state index contributed by atoms with van der Waals surface area (Å²) in [7, 11) is 0. The van der Waals surface area contributed by atoms with Crippen molar-refractivity contribution in [3.63, 3.8) is 0 Å². The lowest BCUT2D eigenvalue weighted by Gasteiger charge is -2.37. The van der Waals surface area contributed by atoms with Crippen molar-refractivity contribution < 1.29 is 32.3 Å². The summed E-state index contributed by atoms with van der Waals surface area (Å²) in [6, 6.07) is 14.3. The van der Waals surface area contributed by atoms with Crippen molar-refractivity contribution in [3.8, 4) is 0 Å². The van der Waals surface area contributed by atoms with Crippen LogP contribution in [0.5, 0.6) is 0 Å². The molecule has 1 aliphatic heterocycles. The summed E-state index contributed by atoms with van der Waals surface area (Å²) in [6.07, 6.45) is 0.726. The molecule has 1 saturated heterocycles. The molecular weight excluding hydrogens is 494 g/mol. The average molecular weight is 519 g/mol. The average Bonchev–Trinajstić information content (AvgIpc) is 2.90. The molecule has 0 aliphatic carbocycles. The Morgan fingerprint density at radius 3 is 2.05 bits per heavy atom. The van der Waals surface area contributed by atoms with E-state index in [9.17, 15) is 22.4 Å². The standard InChI is InChI=1S/C23H24FN5O.C2HF3O2/c24-21-4-2-1-3-18(21)7-12-26-23(30)22-6-5-20(17-27-22)29-15-13-28(14-16-29)19-8-10-25-11-9-19;3-2(4,5)1(6)7/h1-6,8-11,17H,7,12-16H2,(H,26,30);(H,6,7). The first-order valence-corrected chi connectivity index (χ1v) is 11.3. The normalized spacial score (nSPS) is 13.4. The van der Waals surface area contributed by atoms with E-state index in [1.54, 1.807) is 30.5 Å². The van der Waals surface area contributed by atoms with Crippen LogP contribution < -0.4 is 15.1 Å². The summed E-state index contributed by atoms with van der Waals surface area (Å²) in [5.41, 5.74) is 3.15. The van der Waals surface area contributed by atoms with E-state index in [1.165, 1.54) is 11.8 Å². The summed E-state index contributed by atoms with van der Waals surface area (Å²) < 4.78 is 45.4. The molecule has 1 aromatic carbocycles. The molecular formula is C25H25F4N5O3. The molecule has 4 rings (SSSR count). The smallest absolute Gasteiger partial charge is 0.475 e. The second-order valence-corrected chi connectivity index (χ2v) is 7.98. The highest BCUT2D eigenvalue weighted by molar-refractivity contribution is 5.92. The van der Waals surface area contributed by atoms with Crippen molar-refractivity contribution in [1.29, 1.82) is 0 Å². The monoisotopic (exact) mass is 519 g/mol. The maximum absolute atomic E-state index is 13.6. The number of aliphatic carboxylic acids is 1. The molecule has 3 heterocycles. The number of carbonyl (C=O) groups is 2. The zero-order chi connectivity index (χ0) is 26.8. The molecule has 2 aromatic heterocycles. The molecule has 1 aliphatic rings. The van der Waals surface area contributed by atoms with E-state index >= 15 is 0 Å². The number of carboxylic acid groups (broad SMARTS) is 1. The first-order valence-electron chi connectivity index (χ1n) is 11.3. The lowest BCUT2D eigenvalue weighted by Crippen LogP contribution is -2.46. The SMILES string of the molecule is O=C(NCCc1ccccc1F)c1ccc(N2CCN(c3ccncc3)CC2)cn1.O=C(O)C(F)(F)F. The number of carboxylic acids is 1. The van der Waals surface area contributed by atoms with Gasteiger partial charge in [0.15, 0.2) is 0 Å². The summed E-state index contributed by atoms with van der Waals surface area (Å²) in [5, 5.41) is 9.93. The van der Waals surface area contributed by atoms with E-state index in [0.29, 0.717) is 24.2 Å². The van der Waals surface area contributed by atoms with Crippen LogP contribution in [0.4, 0.5) is 28.9 Å². The third-order valence-corrected chi connectivity index (χ3v) is 5.53.